The van der Waals surface area contributed by atoms with E-state index in [0.717, 1.165) is 5.56 Å². The van der Waals surface area contributed by atoms with E-state index < -0.39 is 71.0 Å². The number of fused-ring (bicyclic) bond motifs is 3. The van der Waals surface area contributed by atoms with Crippen LogP contribution in [0.5, 0.6) is 0 Å². The van der Waals surface area contributed by atoms with E-state index in [2.05, 4.69) is 6.58 Å². The molecule has 1 unspecified atom stereocenters. The fraction of sp³-hybridized carbons (Fsp3) is 0.595. The van der Waals surface area contributed by atoms with Crippen molar-refractivity contribution in [2.75, 3.05) is 14.1 Å². The molecule has 10 nitrogen and oxygen atoms in total. The van der Waals surface area contributed by atoms with Crippen molar-refractivity contribution in [3.8, 4) is 0 Å². The molecule has 2 bridgehead atoms. The Hall–Kier alpha value is -3.79. The van der Waals surface area contributed by atoms with Crippen LogP contribution in [0, 0.1) is 22.7 Å². The first kappa shape index (κ1) is 36.1. The standard InChI is InChI=1S/C37H49NO9/c1-20-28(42)18-26-33(44-22(3)39)32-21(2)29(47-30(43)19-27(38(9)10)25-14-12-11-13-15-25)16-17-37(32,8)35(46-24(5)41)34(45-23(4)40)31(20)36(26,6)7/h11-15,26-27,29,32-35H,2,16-19H2,1,3-10H3/t26-,27?,29-,32-,33+,34+,35-,37+/m0/s1. The van der Waals surface area contributed by atoms with Crippen molar-refractivity contribution in [1.29, 1.82) is 0 Å². The zero-order valence-electron chi connectivity index (χ0n) is 29.1. The molecule has 0 saturated heterocycles. The van der Waals surface area contributed by atoms with Gasteiger partial charge < -0.3 is 23.8 Å². The second-order valence-corrected chi connectivity index (χ2v) is 14.3. The molecule has 1 aromatic carbocycles. The first-order valence-electron chi connectivity index (χ1n) is 16.3. The van der Waals surface area contributed by atoms with Crippen LogP contribution in [0.15, 0.2) is 53.6 Å². The van der Waals surface area contributed by atoms with E-state index in [0.29, 0.717) is 29.6 Å². The monoisotopic (exact) mass is 651 g/mol. The number of hydrogen-bond acceptors (Lipinski definition) is 10. The second kappa shape index (κ2) is 13.7. The lowest BCUT2D eigenvalue weighted by molar-refractivity contribution is -0.202. The highest BCUT2D eigenvalue weighted by molar-refractivity contribution is 5.97. The normalized spacial score (nSPS) is 30.8. The first-order chi connectivity index (χ1) is 21.9. The Kier molecular flexibility index (Phi) is 10.5. The minimum absolute atomic E-state index is 0.0806. The van der Waals surface area contributed by atoms with Crippen LogP contribution in [0.1, 0.15) is 85.8 Å². The topological polar surface area (TPSA) is 126 Å². The zero-order chi connectivity index (χ0) is 35.0. The van der Waals surface area contributed by atoms with Crippen molar-refractivity contribution in [2.24, 2.45) is 22.7 Å². The summed E-state index contributed by atoms with van der Waals surface area (Å²) in [5.74, 6) is -3.59. The number of Topliss-reactive ketones (excluding diaryl/α,β-unsaturated/α-hetero) is 1. The second-order valence-electron chi connectivity index (χ2n) is 14.3. The summed E-state index contributed by atoms with van der Waals surface area (Å²) in [7, 11) is 3.81. The average molecular weight is 652 g/mol. The minimum Gasteiger partial charge on any atom is -0.462 e. The SMILES string of the molecule is C=C1[C@@H](OC(=O)CC(c2ccccc2)N(C)C)CC[C@@]2(C)[C@@H](OC(C)=O)[C@H](OC(C)=O)C3=C(C)C(=O)C[C@@H]([C@@H](OC(C)=O)[C@H]12)C3(C)C. The van der Waals surface area contributed by atoms with Crippen molar-refractivity contribution in [2.45, 2.75) is 105 Å². The predicted octanol–water partition coefficient (Wildman–Crippen LogP) is 5.30. The molecule has 2 fully saturated rings. The molecule has 0 aromatic heterocycles. The molecule has 3 aliphatic rings. The fourth-order valence-corrected chi connectivity index (χ4v) is 8.38. The summed E-state index contributed by atoms with van der Waals surface area (Å²) in [5, 5.41) is 0. The van der Waals surface area contributed by atoms with Crippen LogP contribution in [0.4, 0.5) is 0 Å². The highest BCUT2D eigenvalue weighted by Crippen LogP contribution is 2.60. The van der Waals surface area contributed by atoms with E-state index in [4.69, 9.17) is 18.9 Å². The third kappa shape index (κ3) is 7.08. The molecule has 0 aliphatic heterocycles. The van der Waals surface area contributed by atoms with E-state index in [1.165, 1.54) is 20.8 Å². The summed E-state index contributed by atoms with van der Waals surface area (Å²) < 4.78 is 24.4. The molecule has 0 radical (unpaired) electrons. The Morgan fingerprint density at radius 1 is 0.936 bits per heavy atom. The number of nitrogens with zero attached hydrogens (tertiary/aromatic N) is 1. The number of hydrogen-bond donors (Lipinski definition) is 0. The third-order valence-corrected chi connectivity index (χ3v) is 10.6. The molecule has 10 heteroatoms. The van der Waals surface area contributed by atoms with Gasteiger partial charge in [0.15, 0.2) is 11.9 Å². The van der Waals surface area contributed by atoms with Gasteiger partial charge in [0.2, 0.25) is 0 Å². The summed E-state index contributed by atoms with van der Waals surface area (Å²) in [6.45, 7) is 15.8. The predicted molar refractivity (Wildman–Crippen MR) is 174 cm³/mol. The van der Waals surface area contributed by atoms with Crippen LogP contribution >= 0.6 is 0 Å². The van der Waals surface area contributed by atoms with E-state index in [1.54, 1.807) is 6.92 Å². The largest absolute Gasteiger partial charge is 0.462 e. The van der Waals surface area contributed by atoms with Crippen molar-refractivity contribution < 1.29 is 42.9 Å². The minimum atomic E-state index is -1.08. The third-order valence-electron chi connectivity index (χ3n) is 10.6. The van der Waals surface area contributed by atoms with E-state index in [1.807, 2.05) is 70.1 Å². The number of benzene rings is 1. The van der Waals surface area contributed by atoms with Gasteiger partial charge in [0.1, 0.15) is 18.3 Å². The Bertz CT molecular complexity index is 1460. The maximum absolute atomic E-state index is 13.6. The van der Waals surface area contributed by atoms with Gasteiger partial charge in [-0.15, -0.1) is 0 Å². The van der Waals surface area contributed by atoms with Gasteiger partial charge in [-0.2, -0.15) is 0 Å². The van der Waals surface area contributed by atoms with Crippen molar-refractivity contribution in [3.05, 3.63) is 59.2 Å². The number of allylic oxidation sites excluding steroid dienone is 1. The molecule has 0 amide bonds. The highest BCUT2D eigenvalue weighted by atomic mass is 16.6. The number of carbonyl (C=O) groups excluding carboxylic acids is 5. The molecule has 47 heavy (non-hydrogen) atoms. The molecule has 8 atom stereocenters. The van der Waals surface area contributed by atoms with Gasteiger partial charge in [-0.1, -0.05) is 57.7 Å². The van der Waals surface area contributed by atoms with E-state index in [-0.39, 0.29) is 24.7 Å². The highest BCUT2D eigenvalue weighted by Gasteiger charge is 2.64. The summed E-state index contributed by atoms with van der Waals surface area (Å²) in [6, 6.07) is 9.48. The van der Waals surface area contributed by atoms with E-state index >= 15 is 0 Å². The van der Waals surface area contributed by atoms with Gasteiger partial charge >= 0.3 is 23.9 Å². The molecular formula is C37H49NO9. The molecule has 0 spiro atoms. The van der Waals surface area contributed by atoms with Gasteiger partial charge in [-0.3, -0.25) is 24.0 Å². The fourth-order valence-electron chi connectivity index (χ4n) is 8.38. The lowest BCUT2D eigenvalue weighted by atomic mass is 9.49. The maximum Gasteiger partial charge on any atom is 0.308 e. The number of ketones is 1. The lowest BCUT2D eigenvalue weighted by Gasteiger charge is -2.59. The number of esters is 4. The van der Waals surface area contributed by atoms with Gasteiger partial charge in [-0.25, -0.2) is 0 Å². The Morgan fingerprint density at radius 3 is 2.09 bits per heavy atom. The molecule has 4 rings (SSSR count). The van der Waals surface area contributed by atoms with Crippen LogP contribution in [0.3, 0.4) is 0 Å². The molecule has 2 saturated carbocycles. The summed E-state index contributed by atoms with van der Waals surface area (Å²) in [5.41, 5.74) is 0.624. The lowest BCUT2D eigenvalue weighted by Crippen LogP contribution is -2.64. The summed E-state index contributed by atoms with van der Waals surface area (Å²) in [4.78, 5) is 67.3. The number of rotatable bonds is 8. The maximum atomic E-state index is 13.6. The molecule has 0 N–H and O–H groups in total. The van der Waals surface area contributed by atoms with Crippen LogP contribution in [-0.4, -0.2) is 73.1 Å². The molecular weight excluding hydrogens is 602 g/mol. The number of carbonyl (C=O) groups is 5. The zero-order valence-corrected chi connectivity index (χ0v) is 29.1. The molecule has 3 aliphatic carbocycles. The van der Waals surface area contributed by atoms with Crippen LogP contribution in [0.2, 0.25) is 0 Å². The molecule has 0 heterocycles. The average Bonchev–Trinajstić information content (AvgIpc) is 2.96. The molecule has 1 aromatic rings. The van der Waals surface area contributed by atoms with Crippen LogP contribution < -0.4 is 0 Å². The van der Waals surface area contributed by atoms with Gasteiger partial charge in [0.05, 0.1) is 6.42 Å². The Labute approximate surface area is 277 Å². The first-order valence-corrected chi connectivity index (χ1v) is 16.3. The summed E-state index contributed by atoms with van der Waals surface area (Å²) >= 11 is 0. The smallest absolute Gasteiger partial charge is 0.308 e. The quantitative estimate of drug-likeness (QED) is 0.208. The van der Waals surface area contributed by atoms with Crippen LogP contribution in [-0.2, 0) is 42.9 Å². The Morgan fingerprint density at radius 2 is 1.53 bits per heavy atom. The van der Waals surface area contributed by atoms with Gasteiger partial charge in [0, 0.05) is 50.5 Å². The Balaban J connectivity index is 1.83. The molecule has 256 valence electrons. The van der Waals surface area contributed by atoms with E-state index in [9.17, 15) is 24.0 Å². The van der Waals surface area contributed by atoms with Gasteiger partial charge in [-0.05, 0) is 61.6 Å². The van der Waals surface area contributed by atoms with Crippen molar-refractivity contribution in [1.82, 2.24) is 4.90 Å². The van der Waals surface area contributed by atoms with Crippen molar-refractivity contribution >= 4 is 29.7 Å². The van der Waals surface area contributed by atoms with Gasteiger partial charge in [0.25, 0.3) is 0 Å². The van der Waals surface area contributed by atoms with Crippen LogP contribution in [0.25, 0.3) is 0 Å². The number of ether oxygens (including phenoxy) is 4. The van der Waals surface area contributed by atoms with Crippen molar-refractivity contribution in [3.63, 3.8) is 0 Å². The summed E-state index contributed by atoms with van der Waals surface area (Å²) in [6.07, 6.45) is -2.89.